The summed E-state index contributed by atoms with van der Waals surface area (Å²) < 4.78 is 31.7. The van der Waals surface area contributed by atoms with E-state index in [0.29, 0.717) is 24.5 Å². The van der Waals surface area contributed by atoms with Crippen LogP contribution in [0.4, 0.5) is 18.9 Å². The van der Waals surface area contributed by atoms with Gasteiger partial charge in [0.05, 0.1) is 4.88 Å². The molecule has 214 valence electrons. The molecule has 0 radical (unpaired) electrons. The Labute approximate surface area is 232 Å². The predicted molar refractivity (Wildman–Crippen MR) is 149 cm³/mol. The zero-order chi connectivity index (χ0) is 29.6. The van der Waals surface area contributed by atoms with Gasteiger partial charge in [0.25, 0.3) is 5.91 Å². The molecule has 0 fully saturated rings. The Hall–Kier alpha value is -4.33. The van der Waals surface area contributed by atoms with Crippen LogP contribution in [-0.4, -0.2) is 71.1 Å². The lowest BCUT2D eigenvalue weighted by Crippen LogP contribution is -2.39. The smallest absolute Gasteiger partial charge is 0.475 e. The Morgan fingerprint density at radius 2 is 1.48 bits per heavy atom. The van der Waals surface area contributed by atoms with Crippen molar-refractivity contribution in [2.45, 2.75) is 25.9 Å². The number of hydrogen-bond donors (Lipinski definition) is 6. The Morgan fingerprint density at radius 3 is 1.90 bits per heavy atom. The minimum Gasteiger partial charge on any atom is -0.475 e. The number of anilines is 1. The number of rotatable bonds is 4. The van der Waals surface area contributed by atoms with Crippen LogP contribution in [0.3, 0.4) is 0 Å². The molecule has 2 aromatic rings. The second-order valence-electron chi connectivity index (χ2n) is 9.06. The highest BCUT2D eigenvalue weighted by Gasteiger charge is 2.38. The molecule has 0 spiro atoms. The molecule has 0 saturated carbocycles. The van der Waals surface area contributed by atoms with E-state index < -0.39 is 12.1 Å². The first-order valence-corrected chi connectivity index (χ1v) is 13.0. The van der Waals surface area contributed by atoms with E-state index >= 15 is 0 Å². The molecular weight excluding hydrogens is 547 g/mol. The van der Waals surface area contributed by atoms with Gasteiger partial charge in [-0.2, -0.15) is 13.2 Å². The molecule has 3 heterocycles. The standard InChI is InChI=1S/C24H29N7OS.C2HF3O2/c1-15-20(18-8-12-31(13-9-18)24(27)28)14-33-21(15)22(32)29-19-4-2-16(3-5-19)17-6-10-30(11-7-17)23(25)26;3-2(4,5)1(6)7/h2-6,8,14H,7,9-13H2,1H3,(H3,25,26)(H3,27,28)(H,29,32);(H,6,7). The molecule has 0 unspecified atom stereocenters. The van der Waals surface area contributed by atoms with E-state index in [1.807, 2.05) is 46.4 Å². The lowest BCUT2D eigenvalue weighted by Gasteiger charge is -2.26. The number of carboxylic acids is 1. The van der Waals surface area contributed by atoms with Crippen LogP contribution in [0.25, 0.3) is 11.1 Å². The third kappa shape index (κ3) is 7.62. The van der Waals surface area contributed by atoms with Crippen LogP contribution in [0.5, 0.6) is 0 Å². The number of benzene rings is 1. The summed E-state index contributed by atoms with van der Waals surface area (Å²) in [6, 6.07) is 7.89. The molecule has 0 bridgehead atoms. The van der Waals surface area contributed by atoms with Crippen molar-refractivity contribution >= 4 is 52.0 Å². The van der Waals surface area contributed by atoms with Gasteiger partial charge in [-0.25, -0.2) is 4.79 Å². The predicted octanol–water partition coefficient (Wildman–Crippen LogP) is 3.91. The van der Waals surface area contributed by atoms with Crippen LogP contribution >= 0.6 is 11.3 Å². The summed E-state index contributed by atoms with van der Waals surface area (Å²) in [5.41, 5.74) is 17.5. The topological polar surface area (TPSA) is 173 Å². The Bertz CT molecular complexity index is 1350. The zero-order valence-electron chi connectivity index (χ0n) is 21.6. The van der Waals surface area contributed by atoms with Gasteiger partial charge in [-0.3, -0.25) is 15.6 Å². The van der Waals surface area contributed by atoms with Crippen molar-refractivity contribution in [1.82, 2.24) is 9.80 Å². The summed E-state index contributed by atoms with van der Waals surface area (Å²) in [5, 5.41) is 27.3. The van der Waals surface area contributed by atoms with Gasteiger partial charge in [-0.05, 0) is 65.1 Å². The van der Waals surface area contributed by atoms with Crippen molar-refractivity contribution in [3.63, 3.8) is 0 Å². The van der Waals surface area contributed by atoms with E-state index in [1.165, 1.54) is 22.5 Å². The van der Waals surface area contributed by atoms with Gasteiger partial charge in [0.15, 0.2) is 11.9 Å². The normalized spacial score (nSPS) is 15.3. The van der Waals surface area contributed by atoms with Gasteiger partial charge in [-0.1, -0.05) is 24.3 Å². The fourth-order valence-corrected chi connectivity index (χ4v) is 5.20. The lowest BCUT2D eigenvalue weighted by atomic mass is 9.98. The summed E-state index contributed by atoms with van der Waals surface area (Å²) in [6.45, 7) is 4.71. The Balaban J connectivity index is 0.000000559. The van der Waals surface area contributed by atoms with Crippen LogP contribution in [0, 0.1) is 17.7 Å². The van der Waals surface area contributed by atoms with Crippen molar-refractivity contribution in [2.24, 2.45) is 11.5 Å². The largest absolute Gasteiger partial charge is 0.490 e. The molecule has 40 heavy (non-hydrogen) atoms. The number of nitrogens with one attached hydrogen (secondary N) is 3. The molecule has 1 aromatic heterocycles. The summed E-state index contributed by atoms with van der Waals surface area (Å²) in [5.74, 6) is -2.66. The number of amides is 1. The fourth-order valence-electron chi connectivity index (χ4n) is 4.20. The number of nitrogens with two attached hydrogens (primary N) is 2. The fraction of sp³-hybridized carbons (Fsp3) is 0.308. The number of aliphatic carboxylic acids is 1. The number of guanidine groups is 2. The quantitative estimate of drug-likeness (QED) is 0.236. The summed E-state index contributed by atoms with van der Waals surface area (Å²) >= 11 is 1.46. The second-order valence-corrected chi connectivity index (χ2v) is 9.94. The molecule has 0 saturated heterocycles. The van der Waals surface area contributed by atoms with Gasteiger partial charge in [0.1, 0.15) is 0 Å². The highest BCUT2D eigenvalue weighted by Crippen LogP contribution is 2.32. The van der Waals surface area contributed by atoms with Crippen LogP contribution in [0.15, 0.2) is 41.8 Å². The highest BCUT2D eigenvalue weighted by molar-refractivity contribution is 7.12. The lowest BCUT2D eigenvalue weighted by molar-refractivity contribution is -0.192. The number of hydrogen-bond acceptors (Lipinski definition) is 5. The summed E-state index contributed by atoms with van der Waals surface area (Å²) in [6.07, 6.45) is 0.753. The van der Waals surface area contributed by atoms with Gasteiger partial charge in [0.2, 0.25) is 0 Å². The molecule has 1 amide bonds. The van der Waals surface area contributed by atoms with Crippen molar-refractivity contribution < 1.29 is 27.9 Å². The molecule has 14 heteroatoms. The number of alkyl halides is 3. The van der Waals surface area contributed by atoms with Crippen molar-refractivity contribution in [3.8, 4) is 0 Å². The molecule has 1 aromatic carbocycles. The summed E-state index contributed by atoms with van der Waals surface area (Å²) in [7, 11) is 0. The maximum absolute atomic E-state index is 12.9. The van der Waals surface area contributed by atoms with E-state index in [0.717, 1.165) is 41.8 Å². The minimum atomic E-state index is -5.08. The number of carboxylic acid groups (broad SMARTS) is 1. The minimum absolute atomic E-state index is 0.0937. The van der Waals surface area contributed by atoms with E-state index in [-0.39, 0.29) is 17.8 Å². The van der Waals surface area contributed by atoms with Crippen molar-refractivity contribution in [1.29, 1.82) is 10.8 Å². The molecule has 10 nitrogen and oxygen atoms in total. The first-order chi connectivity index (χ1) is 18.8. The third-order valence-corrected chi connectivity index (χ3v) is 7.53. The maximum atomic E-state index is 12.9. The number of halogens is 3. The van der Waals surface area contributed by atoms with Crippen LogP contribution in [0.1, 0.15) is 39.2 Å². The van der Waals surface area contributed by atoms with Crippen molar-refractivity contribution in [2.75, 3.05) is 31.5 Å². The average molecular weight is 578 g/mol. The maximum Gasteiger partial charge on any atom is 0.490 e. The number of thiophene rings is 1. The molecule has 2 aliphatic heterocycles. The Kier molecular flexibility index (Phi) is 9.58. The zero-order valence-corrected chi connectivity index (χ0v) is 22.5. The Morgan fingerprint density at radius 1 is 0.975 bits per heavy atom. The van der Waals surface area contributed by atoms with Gasteiger partial charge < -0.3 is 31.7 Å². The first-order valence-electron chi connectivity index (χ1n) is 12.1. The SMILES string of the molecule is Cc1c(C2=CCN(C(=N)N)CC2)csc1C(=O)Nc1ccc(C2=CCN(C(=N)N)CC2)cc1.O=C(O)C(F)(F)F. The third-order valence-electron chi connectivity index (χ3n) is 6.45. The average Bonchev–Trinajstić information content (AvgIpc) is 3.30. The molecule has 0 aliphatic carbocycles. The van der Waals surface area contributed by atoms with Crippen molar-refractivity contribution in [3.05, 3.63) is 63.4 Å². The molecular formula is C26H30F3N7O3S. The molecule has 4 rings (SSSR count). The highest BCUT2D eigenvalue weighted by atomic mass is 32.1. The monoisotopic (exact) mass is 577 g/mol. The number of carbonyl (C=O) groups excluding carboxylic acids is 1. The van der Waals surface area contributed by atoms with Gasteiger partial charge in [0, 0.05) is 31.9 Å². The molecule has 2 aliphatic rings. The first kappa shape index (κ1) is 30.2. The number of carbonyl (C=O) groups is 2. The van der Waals surface area contributed by atoms with Crippen LogP contribution in [0.2, 0.25) is 0 Å². The van der Waals surface area contributed by atoms with E-state index in [4.69, 9.17) is 32.2 Å². The van der Waals surface area contributed by atoms with E-state index in [1.54, 1.807) is 0 Å². The van der Waals surface area contributed by atoms with E-state index in [9.17, 15) is 18.0 Å². The summed E-state index contributed by atoms with van der Waals surface area (Å²) in [4.78, 5) is 26.2. The van der Waals surface area contributed by atoms with E-state index in [2.05, 4.69) is 17.5 Å². The van der Waals surface area contributed by atoms with Crippen LogP contribution < -0.4 is 16.8 Å². The second kappa shape index (κ2) is 12.7. The van der Waals surface area contributed by atoms with Gasteiger partial charge >= 0.3 is 12.1 Å². The molecule has 0 atom stereocenters. The van der Waals surface area contributed by atoms with Crippen LogP contribution in [-0.2, 0) is 4.79 Å². The van der Waals surface area contributed by atoms with Gasteiger partial charge in [-0.15, -0.1) is 11.3 Å². The molecule has 8 N–H and O–H groups in total. The number of nitrogens with zero attached hydrogens (tertiary/aromatic N) is 2.